The molecule has 2 atom stereocenters. The first-order valence-electron chi connectivity index (χ1n) is 5.18. The van der Waals surface area contributed by atoms with Gasteiger partial charge in [0.2, 0.25) is 0 Å². The van der Waals surface area contributed by atoms with Crippen molar-refractivity contribution in [3.05, 3.63) is 18.7 Å². The highest BCUT2D eigenvalue weighted by Gasteiger charge is 2.33. The van der Waals surface area contributed by atoms with Gasteiger partial charge in [0.15, 0.2) is 0 Å². The van der Waals surface area contributed by atoms with E-state index < -0.39 is 0 Å². The lowest BCUT2D eigenvalue weighted by Gasteiger charge is -2.17. The highest BCUT2D eigenvalue weighted by Crippen LogP contribution is 2.23. The zero-order valence-corrected chi connectivity index (χ0v) is 8.91. The zero-order chi connectivity index (χ0) is 10.7. The van der Waals surface area contributed by atoms with Crippen molar-refractivity contribution in [1.29, 1.82) is 0 Å². The highest BCUT2D eigenvalue weighted by atomic mass is 16.5. The van der Waals surface area contributed by atoms with Gasteiger partial charge in [-0.05, 0) is 0 Å². The second kappa shape index (κ2) is 4.74. The number of aliphatic hydroxyl groups excluding tert-OH is 1. The predicted octanol–water partition coefficient (Wildman–Crippen LogP) is -0.253. The number of methoxy groups -OCH3 is 1. The van der Waals surface area contributed by atoms with Crippen LogP contribution in [0, 0.1) is 0 Å². The fraction of sp³-hybridized carbons (Fsp3) is 0.700. The smallest absolute Gasteiger partial charge is 0.0949 e. The molecule has 1 aromatic rings. The molecule has 5 heteroatoms. The molecule has 1 N–H and O–H groups in total. The van der Waals surface area contributed by atoms with Gasteiger partial charge in [-0.25, -0.2) is 4.98 Å². The zero-order valence-electron chi connectivity index (χ0n) is 8.91. The quantitative estimate of drug-likeness (QED) is 0.746. The van der Waals surface area contributed by atoms with Crippen molar-refractivity contribution in [1.82, 2.24) is 14.5 Å². The van der Waals surface area contributed by atoms with Gasteiger partial charge < -0.3 is 14.4 Å². The maximum absolute atomic E-state index is 8.90. The van der Waals surface area contributed by atoms with Crippen molar-refractivity contribution in [3.63, 3.8) is 0 Å². The first kappa shape index (κ1) is 10.6. The van der Waals surface area contributed by atoms with E-state index in [0.717, 1.165) is 13.1 Å². The molecule has 0 amide bonds. The van der Waals surface area contributed by atoms with Crippen LogP contribution in [0.25, 0.3) is 0 Å². The van der Waals surface area contributed by atoms with Gasteiger partial charge in [0.05, 0.1) is 25.1 Å². The molecule has 2 heterocycles. The van der Waals surface area contributed by atoms with Crippen molar-refractivity contribution in [2.24, 2.45) is 0 Å². The van der Waals surface area contributed by atoms with Gasteiger partial charge in [0.1, 0.15) is 0 Å². The van der Waals surface area contributed by atoms with Crippen molar-refractivity contribution >= 4 is 0 Å². The van der Waals surface area contributed by atoms with Crippen molar-refractivity contribution in [2.45, 2.75) is 12.1 Å². The number of aromatic nitrogens is 2. The van der Waals surface area contributed by atoms with Crippen LogP contribution in [0.4, 0.5) is 0 Å². The Labute approximate surface area is 89.3 Å². The maximum Gasteiger partial charge on any atom is 0.0949 e. The number of nitrogens with zero attached hydrogens (tertiary/aromatic N) is 3. The third-order valence-electron chi connectivity index (χ3n) is 2.94. The fourth-order valence-corrected chi connectivity index (χ4v) is 2.14. The van der Waals surface area contributed by atoms with Crippen LogP contribution in [0.3, 0.4) is 0 Å². The molecule has 0 saturated carbocycles. The summed E-state index contributed by atoms with van der Waals surface area (Å²) in [6.45, 7) is 2.70. The molecule has 15 heavy (non-hydrogen) atoms. The minimum Gasteiger partial charge on any atom is -0.395 e. The summed E-state index contributed by atoms with van der Waals surface area (Å²) in [4.78, 5) is 6.25. The summed E-state index contributed by atoms with van der Waals surface area (Å²) in [5.41, 5.74) is 0. The van der Waals surface area contributed by atoms with Gasteiger partial charge in [-0.1, -0.05) is 0 Å². The van der Waals surface area contributed by atoms with Crippen LogP contribution in [0.15, 0.2) is 18.7 Å². The van der Waals surface area contributed by atoms with Crippen LogP contribution in [-0.2, 0) is 4.74 Å². The lowest BCUT2D eigenvalue weighted by Crippen LogP contribution is -2.25. The van der Waals surface area contributed by atoms with Crippen molar-refractivity contribution < 1.29 is 9.84 Å². The summed E-state index contributed by atoms with van der Waals surface area (Å²) >= 11 is 0. The number of aliphatic hydroxyl groups is 1. The molecule has 0 aliphatic carbocycles. The first-order chi connectivity index (χ1) is 7.35. The average molecular weight is 211 g/mol. The predicted molar refractivity (Wildman–Crippen MR) is 55.6 cm³/mol. The minimum atomic E-state index is 0.186. The Balaban J connectivity index is 2.04. The Hall–Kier alpha value is -0.910. The topological polar surface area (TPSA) is 50.5 Å². The second-order valence-electron chi connectivity index (χ2n) is 3.83. The van der Waals surface area contributed by atoms with Gasteiger partial charge >= 0.3 is 0 Å². The molecule has 1 fully saturated rings. The maximum atomic E-state index is 8.90. The Morgan fingerprint density at radius 1 is 1.53 bits per heavy atom. The van der Waals surface area contributed by atoms with Crippen LogP contribution in [0.1, 0.15) is 6.04 Å². The molecule has 1 aliphatic heterocycles. The molecule has 1 aliphatic rings. The lowest BCUT2D eigenvalue weighted by molar-refractivity contribution is 0.0804. The molecule has 0 radical (unpaired) electrons. The molecule has 84 valence electrons. The normalized spacial score (nSPS) is 27.3. The number of likely N-dealkylation sites (tertiary alicyclic amines) is 1. The number of ether oxygens (including phenoxy) is 1. The van der Waals surface area contributed by atoms with E-state index in [1.165, 1.54) is 0 Å². The summed E-state index contributed by atoms with van der Waals surface area (Å²) < 4.78 is 7.53. The Morgan fingerprint density at radius 2 is 2.40 bits per heavy atom. The van der Waals surface area contributed by atoms with E-state index in [-0.39, 0.29) is 12.7 Å². The Bertz CT molecular complexity index is 289. The summed E-state index contributed by atoms with van der Waals surface area (Å²) in [5.74, 6) is 0. The highest BCUT2D eigenvalue weighted by molar-refractivity contribution is 4.92. The van der Waals surface area contributed by atoms with Gasteiger partial charge in [-0.2, -0.15) is 0 Å². The summed E-state index contributed by atoms with van der Waals surface area (Å²) in [6, 6.07) is 0.309. The average Bonchev–Trinajstić information content (AvgIpc) is 2.84. The van der Waals surface area contributed by atoms with Crippen LogP contribution in [0.5, 0.6) is 0 Å². The molecular weight excluding hydrogens is 194 g/mol. The molecule has 0 bridgehead atoms. The third-order valence-corrected chi connectivity index (χ3v) is 2.94. The van der Waals surface area contributed by atoms with E-state index in [0.29, 0.717) is 12.6 Å². The Kier molecular flexibility index (Phi) is 3.35. The monoisotopic (exact) mass is 211 g/mol. The van der Waals surface area contributed by atoms with E-state index in [1.54, 1.807) is 13.3 Å². The SMILES string of the molecule is CO[C@@H]1CN(CCO)C[C@@H]1n1ccnc1. The van der Waals surface area contributed by atoms with Gasteiger partial charge in [-0.3, -0.25) is 4.90 Å². The van der Waals surface area contributed by atoms with Gasteiger partial charge in [0, 0.05) is 39.1 Å². The molecule has 1 saturated heterocycles. The first-order valence-corrected chi connectivity index (χ1v) is 5.18. The summed E-state index contributed by atoms with van der Waals surface area (Å²) in [5, 5.41) is 8.90. The molecule has 1 aromatic heterocycles. The summed E-state index contributed by atoms with van der Waals surface area (Å²) in [7, 11) is 1.73. The number of hydrogen-bond acceptors (Lipinski definition) is 4. The molecule has 0 aromatic carbocycles. The number of rotatable bonds is 4. The van der Waals surface area contributed by atoms with Gasteiger partial charge in [0.25, 0.3) is 0 Å². The molecule has 0 spiro atoms. The standard InChI is InChI=1S/C10H17N3O2/c1-15-10-7-12(4-5-14)6-9(10)13-3-2-11-8-13/h2-3,8-10,14H,4-7H2,1H3/t9-,10+/m0/s1. The van der Waals surface area contributed by atoms with Crippen LogP contribution < -0.4 is 0 Å². The number of β-amino-alcohol motifs (C(OH)–C–C–N with tert-alkyl or cyclic N) is 1. The molecule has 0 unspecified atom stereocenters. The molecule has 2 rings (SSSR count). The van der Waals surface area contributed by atoms with Crippen molar-refractivity contribution in [3.8, 4) is 0 Å². The second-order valence-corrected chi connectivity index (χ2v) is 3.83. The van der Waals surface area contributed by atoms with E-state index in [4.69, 9.17) is 9.84 Å². The van der Waals surface area contributed by atoms with Crippen LogP contribution >= 0.6 is 0 Å². The van der Waals surface area contributed by atoms with E-state index >= 15 is 0 Å². The van der Waals surface area contributed by atoms with Gasteiger partial charge in [-0.15, -0.1) is 0 Å². The Morgan fingerprint density at radius 3 is 3.00 bits per heavy atom. The minimum absolute atomic E-state index is 0.186. The van der Waals surface area contributed by atoms with E-state index in [9.17, 15) is 0 Å². The molecular formula is C10H17N3O2. The largest absolute Gasteiger partial charge is 0.395 e. The lowest BCUT2D eigenvalue weighted by atomic mass is 10.2. The van der Waals surface area contributed by atoms with E-state index in [2.05, 4.69) is 14.5 Å². The third kappa shape index (κ3) is 2.19. The fourth-order valence-electron chi connectivity index (χ4n) is 2.14. The number of imidazole rings is 1. The number of hydrogen-bond donors (Lipinski definition) is 1. The molecule has 5 nitrogen and oxygen atoms in total. The summed E-state index contributed by atoms with van der Waals surface area (Å²) in [6.07, 6.45) is 5.74. The van der Waals surface area contributed by atoms with Crippen LogP contribution in [-0.4, -0.2) is 59.0 Å². The van der Waals surface area contributed by atoms with Crippen LogP contribution in [0.2, 0.25) is 0 Å². The van der Waals surface area contributed by atoms with E-state index in [1.807, 2.05) is 12.5 Å². The van der Waals surface area contributed by atoms with Crippen molar-refractivity contribution in [2.75, 3.05) is 33.4 Å².